The minimum absolute atomic E-state index is 0.264. The summed E-state index contributed by atoms with van der Waals surface area (Å²) in [4.78, 5) is 25.5. The highest BCUT2D eigenvalue weighted by Crippen LogP contribution is 2.42. The molecule has 0 spiro atoms. The maximum Gasteiger partial charge on any atom is 0.582 e. The fraction of sp³-hybridized carbons (Fsp3) is 0.500. The Morgan fingerprint density at radius 2 is 1.19 bits per heavy atom. The lowest BCUT2D eigenvalue weighted by atomic mass is 10.1. The van der Waals surface area contributed by atoms with E-state index in [9.17, 15) is 19.3 Å². The minimum Gasteiger partial charge on any atom is -0.394 e. The highest BCUT2D eigenvalue weighted by atomic mass is 32.7. The van der Waals surface area contributed by atoms with E-state index in [1.54, 1.807) is 12.2 Å². The fourth-order valence-corrected chi connectivity index (χ4v) is 6.98. The second-order valence-electron chi connectivity index (χ2n) is 10.3. The number of halogens is 2. The molecule has 256 valence electrons. The normalized spacial score (nSPS) is 28.1. The van der Waals surface area contributed by atoms with Gasteiger partial charge in [0.1, 0.15) is 49.4 Å². The molecule has 4 aromatic heterocycles. The van der Waals surface area contributed by atoms with Gasteiger partial charge in [-0.15, -0.1) is 9.05 Å². The molecule has 0 aromatic carbocycles. The van der Waals surface area contributed by atoms with E-state index in [0.717, 1.165) is 0 Å². The number of nitrogens with zero attached hydrogens (tertiary/aromatic N) is 8. The van der Waals surface area contributed by atoms with Crippen molar-refractivity contribution in [3.05, 3.63) is 37.5 Å². The van der Waals surface area contributed by atoms with E-state index in [4.69, 9.17) is 18.5 Å². The van der Waals surface area contributed by atoms with Crippen LogP contribution in [0.3, 0.4) is 0 Å². The molecule has 0 saturated carbocycles. The van der Waals surface area contributed by atoms with Gasteiger partial charge in [0.05, 0.1) is 25.9 Å². The van der Waals surface area contributed by atoms with Gasteiger partial charge in [0.2, 0.25) is 0 Å². The highest BCUT2D eigenvalue weighted by molar-refractivity contribution is 8.39. The molecule has 3 unspecified atom stereocenters. The van der Waals surface area contributed by atoms with Crippen LogP contribution in [0.1, 0.15) is 12.5 Å². The molecule has 4 N–H and O–H groups in total. The molecular formula is C24H28F2N10O8P2S2+2. The second-order valence-corrected chi connectivity index (χ2v) is 13.7. The predicted molar refractivity (Wildman–Crippen MR) is 171 cm³/mol. The van der Waals surface area contributed by atoms with Gasteiger partial charge < -0.3 is 30.3 Å². The summed E-state index contributed by atoms with van der Waals surface area (Å²) in [6.07, 6.45) is -1.96. The summed E-state index contributed by atoms with van der Waals surface area (Å²) in [5, 5.41) is 25.4. The number of ether oxygens (including phenoxy) is 2. The Morgan fingerprint density at radius 1 is 0.771 bits per heavy atom. The van der Waals surface area contributed by atoms with Gasteiger partial charge in [-0.1, -0.05) is 12.2 Å². The minimum atomic E-state index is -2.43. The van der Waals surface area contributed by atoms with Gasteiger partial charge in [0.25, 0.3) is 0 Å². The molecule has 6 heterocycles. The fourth-order valence-electron chi connectivity index (χ4n) is 5.40. The first-order valence-electron chi connectivity index (χ1n) is 14.2. The number of hydrogen-bond acceptors (Lipinski definition) is 16. The van der Waals surface area contributed by atoms with Gasteiger partial charge in [0.15, 0.2) is 71.0 Å². The number of aliphatic hydroxyl groups is 2. The van der Waals surface area contributed by atoms with Gasteiger partial charge in [-0.3, -0.25) is 9.13 Å². The molecule has 18 nitrogen and oxygen atoms in total. The summed E-state index contributed by atoms with van der Waals surface area (Å²) in [6, 6.07) is 0. The topological polar surface area (TPSA) is 223 Å². The Labute approximate surface area is 281 Å². The van der Waals surface area contributed by atoms with Crippen LogP contribution in [0, 0.1) is 0 Å². The number of aromatic nitrogens is 8. The number of thiol groups is 2. The van der Waals surface area contributed by atoms with Gasteiger partial charge >= 0.3 is 14.5 Å². The lowest BCUT2D eigenvalue weighted by Crippen LogP contribution is -2.31. The van der Waals surface area contributed by atoms with E-state index < -0.39 is 76.9 Å². The van der Waals surface area contributed by atoms with Crippen molar-refractivity contribution in [2.24, 2.45) is 0 Å². The van der Waals surface area contributed by atoms with E-state index in [-0.39, 0.29) is 11.3 Å². The number of aliphatic hydroxyl groups excluding tert-OH is 2. The van der Waals surface area contributed by atoms with Crippen LogP contribution in [-0.4, -0.2) is 112 Å². The molecule has 2 fully saturated rings. The van der Waals surface area contributed by atoms with E-state index in [2.05, 4.69) is 65.0 Å². The summed E-state index contributed by atoms with van der Waals surface area (Å²) in [6.45, 7) is -0.472. The first-order chi connectivity index (χ1) is 23.2. The van der Waals surface area contributed by atoms with Gasteiger partial charge in [0, 0.05) is 13.1 Å². The van der Waals surface area contributed by atoms with E-state index in [1.807, 2.05) is 0 Å². The Kier molecular flexibility index (Phi) is 11.1. The van der Waals surface area contributed by atoms with Crippen molar-refractivity contribution >= 4 is 72.9 Å². The number of hydrogen-bond donors (Lipinski definition) is 6. The lowest BCUT2D eigenvalue weighted by Gasteiger charge is -2.15. The average Bonchev–Trinajstić information content (AvgIpc) is 3.83. The van der Waals surface area contributed by atoms with Gasteiger partial charge in [-0.2, -0.15) is 0 Å². The quantitative estimate of drug-likeness (QED) is 0.0619. The summed E-state index contributed by atoms with van der Waals surface area (Å²) < 4.78 is 77.4. The zero-order valence-electron chi connectivity index (χ0n) is 24.4. The third-order valence-corrected chi connectivity index (χ3v) is 8.94. The lowest BCUT2D eigenvalue weighted by molar-refractivity contribution is -0.0427. The number of nitrogens with one attached hydrogen (secondary N) is 2. The summed E-state index contributed by atoms with van der Waals surface area (Å²) in [7, 11) is -4.87. The van der Waals surface area contributed by atoms with Crippen molar-refractivity contribution in [3.8, 4) is 0 Å². The maximum absolute atomic E-state index is 15.2. The summed E-state index contributed by atoms with van der Waals surface area (Å²) in [5.41, 5.74) is 1.21. The Morgan fingerprint density at radius 3 is 1.56 bits per heavy atom. The molecule has 4 aromatic rings. The van der Waals surface area contributed by atoms with Crippen molar-refractivity contribution in [1.82, 2.24) is 39.0 Å². The summed E-state index contributed by atoms with van der Waals surface area (Å²) >= 11 is 7.35. The molecule has 24 heteroatoms. The molecule has 0 bridgehead atoms. The summed E-state index contributed by atoms with van der Waals surface area (Å²) in [5.74, 6) is 0.741. The van der Waals surface area contributed by atoms with E-state index >= 15 is 8.78 Å². The Bertz CT molecular complexity index is 1700. The van der Waals surface area contributed by atoms with Crippen LogP contribution in [0.2, 0.25) is 0 Å². The molecule has 0 radical (unpaired) electrons. The number of alkyl halides is 2. The number of rotatable bonds is 14. The zero-order chi connectivity index (χ0) is 33.9. The molecule has 0 aliphatic carbocycles. The standard InChI is InChI=1S/C24H26F2N10O8P2S2/c25-13-17(43-45(39)47)11(5-37)41-23(13)35-9-33-15-19(29-7-31-21(15)35)27-3-1-2-4-28-20-16-22(32-8-30-20)36(10-34-16)24-14(26)18(44-46(40)48)12(6-38)42-24/h1-2,7-14,17-18,23-24,37-38H,3-6H2,(H2-2,27,28,29,30,31,32,39,40,47,48)/p+2/b2-1-/t11-,12?,13-,14-,17-,18-,23-,24-/m1/s1. The zero-order valence-corrected chi connectivity index (χ0v) is 28.0. The molecule has 0 amide bonds. The predicted octanol–water partition coefficient (Wildman–Crippen LogP) is 2.45. The molecule has 6 rings (SSSR count). The number of imidazole rings is 2. The Hall–Kier alpha value is -3.04. The molecular weight excluding hydrogens is 720 g/mol. The van der Waals surface area contributed by atoms with Crippen LogP contribution >= 0.6 is 39.0 Å². The van der Waals surface area contributed by atoms with Crippen LogP contribution in [0.4, 0.5) is 20.4 Å². The van der Waals surface area contributed by atoms with Crippen LogP contribution < -0.4 is 10.6 Å². The van der Waals surface area contributed by atoms with Crippen molar-refractivity contribution in [3.63, 3.8) is 0 Å². The SMILES string of the molecule is O=[P+](S)O[C@H]1[C@@H](F)[C@H](n2cnc3c(NC/C=C\CNc4ncnc5c4ncn5[C@@H]4OC(CO)[C@@H](O[P+](=O)S)[C@H]4F)ncnc32)O[C@@H]1CO. The Balaban J connectivity index is 1.07. The van der Waals surface area contributed by atoms with Gasteiger partial charge in [-0.05, 0) is 9.13 Å². The van der Waals surface area contributed by atoms with Crippen LogP contribution in [0.15, 0.2) is 37.5 Å². The first kappa shape index (κ1) is 34.8. The van der Waals surface area contributed by atoms with Crippen LogP contribution in [0.25, 0.3) is 22.3 Å². The van der Waals surface area contributed by atoms with Crippen LogP contribution in [0.5, 0.6) is 0 Å². The van der Waals surface area contributed by atoms with Crippen molar-refractivity contribution < 1.29 is 46.6 Å². The molecule has 10 atom stereocenters. The number of anilines is 2. The molecule has 48 heavy (non-hydrogen) atoms. The monoisotopic (exact) mass is 748 g/mol. The molecule has 2 saturated heterocycles. The van der Waals surface area contributed by atoms with Crippen molar-refractivity contribution in [2.45, 2.75) is 49.2 Å². The third kappa shape index (κ3) is 7.00. The number of fused-ring (bicyclic) bond motifs is 2. The van der Waals surface area contributed by atoms with E-state index in [0.29, 0.717) is 35.8 Å². The van der Waals surface area contributed by atoms with Crippen molar-refractivity contribution in [1.29, 1.82) is 0 Å². The van der Waals surface area contributed by atoms with Crippen LogP contribution in [-0.2, 0) is 27.7 Å². The largest absolute Gasteiger partial charge is 0.582 e. The smallest absolute Gasteiger partial charge is 0.394 e. The van der Waals surface area contributed by atoms with Gasteiger partial charge in [-0.25, -0.2) is 38.7 Å². The third-order valence-electron chi connectivity index (χ3n) is 7.52. The van der Waals surface area contributed by atoms with Crippen molar-refractivity contribution in [2.75, 3.05) is 36.9 Å². The second kappa shape index (κ2) is 15.2. The molecule has 2 aliphatic rings. The highest BCUT2D eigenvalue weighted by Gasteiger charge is 2.52. The molecule has 2 aliphatic heterocycles. The first-order valence-corrected chi connectivity index (χ1v) is 18.8. The van der Waals surface area contributed by atoms with E-state index in [1.165, 1.54) is 34.4 Å². The maximum atomic E-state index is 15.2. The average molecular weight is 749 g/mol.